The van der Waals surface area contributed by atoms with Crippen LogP contribution in [0.3, 0.4) is 0 Å². The van der Waals surface area contributed by atoms with E-state index in [4.69, 9.17) is 16.7 Å². The second kappa shape index (κ2) is 8.18. The van der Waals surface area contributed by atoms with E-state index >= 15 is 0 Å². The topological polar surface area (TPSA) is 49.3 Å². The Morgan fingerprint density at radius 3 is 2.79 bits per heavy atom. The van der Waals surface area contributed by atoms with Crippen molar-refractivity contribution < 1.29 is 9.90 Å². The number of benzene rings is 1. The predicted octanol–water partition coefficient (Wildman–Crippen LogP) is 3.63. The van der Waals surface area contributed by atoms with Crippen LogP contribution in [0.4, 0.5) is 0 Å². The highest BCUT2D eigenvalue weighted by atomic mass is 35.5. The number of carboxylic acid groups (broad SMARTS) is 1. The van der Waals surface area contributed by atoms with Crippen molar-refractivity contribution in [2.24, 2.45) is 5.92 Å². The SMILES string of the molecule is Cc1ccc(CNCCC(C)CCC(=O)O)c(Cl)c1. The summed E-state index contributed by atoms with van der Waals surface area (Å²) < 4.78 is 0. The van der Waals surface area contributed by atoms with Gasteiger partial charge in [0.05, 0.1) is 0 Å². The molecule has 19 heavy (non-hydrogen) atoms. The van der Waals surface area contributed by atoms with E-state index in [2.05, 4.69) is 18.3 Å². The first kappa shape index (κ1) is 16.0. The summed E-state index contributed by atoms with van der Waals surface area (Å²) in [4.78, 5) is 10.5. The fourth-order valence-electron chi connectivity index (χ4n) is 1.88. The van der Waals surface area contributed by atoms with E-state index in [1.54, 1.807) is 0 Å². The van der Waals surface area contributed by atoms with Gasteiger partial charge in [-0.1, -0.05) is 30.7 Å². The van der Waals surface area contributed by atoms with Crippen molar-refractivity contribution in [2.45, 2.75) is 39.7 Å². The molecule has 4 heteroatoms. The Balaban J connectivity index is 2.21. The van der Waals surface area contributed by atoms with Crippen LogP contribution in [0.25, 0.3) is 0 Å². The van der Waals surface area contributed by atoms with Gasteiger partial charge in [-0.05, 0) is 49.4 Å². The third kappa shape index (κ3) is 6.60. The summed E-state index contributed by atoms with van der Waals surface area (Å²) in [6, 6.07) is 6.06. The third-order valence-corrected chi connectivity index (χ3v) is 3.54. The Hall–Kier alpha value is -1.06. The van der Waals surface area contributed by atoms with Gasteiger partial charge in [-0.15, -0.1) is 0 Å². The standard InChI is InChI=1S/C15H22ClNO2/c1-11(4-6-15(18)19)7-8-17-10-13-5-3-12(2)9-14(13)16/h3,5,9,11,17H,4,6-8,10H2,1-2H3,(H,18,19). The Bertz CT molecular complexity index is 421. The summed E-state index contributed by atoms with van der Waals surface area (Å²) >= 11 is 6.15. The van der Waals surface area contributed by atoms with E-state index in [1.165, 1.54) is 0 Å². The number of nitrogens with one attached hydrogen (secondary N) is 1. The first-order chi connectivity index (χ1) is 8.99. The summed E-state index contributed by atoms with van der Waals surface area (Å²) in [5.74, 6) is -0.289. The van der Waals surface area contributed by atoms with Crippen LogP contribution in [0, 0.1) is 12.8 Å². The number of aliphatic carboxylic acids is 1. The number of hydrogen-bond donors (Lipinski definition) is 2. The molecule has 0 aliphatic heterocycles. The van der Waals surface area contributed by atoms with Crippen LogP contribution in [0.2, 0.25) is 5.02 Å². The Morgan fingerprint density at radius 1 is 1.42 bits per heavy atom. The van der Waals surface area contributed by atoms with Gasteiger partial charge in [-0.2, -0.15) is 0 Å². The molecular weight excluding hydrogens is 262 g/mol. The molecule has 3 nitrogen and oxygen atoms in total. The number of rotatable bonds is 8. The van der Waals surface area contributed by atoms with Gasteiger partial charge in [-0.3, -0.25) is 4.79 Å². The molecule has 1 rings (SSSR count). The van der Waals surface area contributed by atoms with Crippen molar-refractivity contribution in [1.82, 2.24) is 5.32 Å². The average Bonchev–Trinajstić information content (AvgIpc) is 2.34. The van der Waals surface area contributed by atoms with Crippen LogP contribution < -0.4 is 5.32 Å². The summed E-state index contributed by atoms with van der Waals surface area (Å²) in [5, 5.41) is 12.8. The minimum absolute atomic E-state index is 0.255. The number of carbonyl (C=O) groups is 1. The molecule has 1 aromatic rings. The van der Waals surface area contributed by atoms with Gasteiger partial charge in [0.2, 0.25) is 0 Å². The molecule has 2 N–H and O–H groups in total. The minimum Gasteiger partial charge on any atom is -0.481 e. The van der Waals surface area contributed by atoms with Crippen molar-refractivity contribution in [3.8, 4) is 0 Å². The summed E-state index contributed by atoms with van der Waals surface area (Å²) in [5.41, 5.74) is 2.27. The molecule has 0 aromatic heterocycles. The van der Waals surface area contributed by atoms with E-state index < -0.39 is 5.97 Å². The van der Waals surface area contributed by atoms with Crippen LogP contribution in [0.1, 0.15) is 37.3 Å². The number of hydrogen-bond acceptors (Lipinski definition) is 2. The Kier molecular flexibility index (Phi) is 6.89. The molecule has 0 spiro atoms. The molecule has 106 valence electrons. The number of aryl methyl sites for hydroxylation is 1. The minimum atomic E-state index is -0.716. The first-order valence-electron chi connectivity index (χ1n) is 6.66. The van der Waals surface area contributed by atoms with Crippen molar-refractivity contribution in [2.75, 3.05) is 6.54 Å². The maximum Gasteiger partial charge on any atom is 0.303 e. The highest BCUT2D eigenvalue weighted by Gasteiger charge is 2.05. The molecule has 0 amide bonds. The smallest absolute Gasteiger partial charge is 0.303 e. The molecule has 0 aliphatic carbocycles. The van der Waals surface area contributed by atoms with Gasteiger partial charge in [0.1, 0.15) is 0 Å². The summed E-state index contributed by atoms with van der Waals surface area (Å²) in [6.45, 7) is 5.74. The van der Waals surface area contributed by atoms with Crippen molar-refractivity contribution >= 4 is 17.6 Å². The fraction of sp³-hybridized carbons (Fsp3) is 0.533. The van der Waals surface area contributed by atoms with E-state index in [0.29, 0.717) is 5.92 Å². The van der Waals surface area contributed by atoms with Gasteiger partial charge in [0.15, 0.2) is 0 Å². The largest absolute Gasteiger partial charge is 0.481 e. The Labute approximate surface area is 120 Å². The number of halogens is 1. The molecule has 1 unspecified atom stereocenters. The normalized spacial score (nSPS) is 12.4. The number of carboxylic acids is 1. The van der Waals surface area contributed by atoms with E-state index in [9.17, 15) is 4.79 Å². The van der Waals surface area contributed by atoms with Gasteiger partial charge in [0.25, 0.3) is 0 Å². The molecule has 1 atom stereocenters. The molecule has 0 aliphatic rings. The van der Waals surface area contributed by atoms with Crippen LogP contribution in [0.5, 0.6) is 0 Å². The Morgan fingerprint density at radius 2 is 2.16 bits per heavy atom. The lowest BCUT2D eigenvalue weighted by Gasteiger charge is -2.11. The lowest BCUT2D eigenvalue weighted by molar-refractivity contribution is -0.137. The summed E-state index contributed by atoms with van der Waals surface area (Å²) in [7, 11) is 0. The molecular formula is C15H22ClNO2. The predicted molar refractivity (Wildman–Crippen MR) is 78.5 cm³/mol. The second-order valence-electron chi connectivity index (χ2n) is 5.10. The lowest BCUT2D eigenvalue weighted by Crippen LogP contribution is -2.17. The van der Waals surface area contributed by atoms with Crippen molar-refractivity contribution in [1.29, 1.82) is 0 Å². The van der Waals surface area contributed by atoms with Crippen LogP contribution >= 0.6 is 11.6 Å². The monoisotopic (exact) mass is 283 g/mol. The van der Waals surface area contributed by atoms with Gasteiger partial charge in [0, 0.05) is 18.0 Å². The molecule has 0 fully saturated rings. The van der Waals surface area contributed by atoms with Crippen LogP contribution in [-0.2, 0) is 11.3 Å². The van der Waals surface area contributed by atoms with E-state index in [-0.39, 0.29) is 6.42 Å². The fourth-order valence-corrected chi connectivity index (χ4v) is 2.18. The zero-order valence-electron chi connectivity index (χ0n) is 11.6. The van der Waals surface area contributed by atoms with E-state index in [0.717, 1.165) is 42.1 Å². The first-order valence-corrected chi connectivity index (χ1v) is 7.04. The average molecular weight is 284 g/mol. The molecule has 0 saturated carbocycles. The third-order valence-electron chi connectivity index (χ3n) is 3.19. The molecule has 0 saturated heterocycles. The zero-order valence-corrected chi connectivity index (χ0v) is 12.3. The van der Waals surface area contributed by atoms with Crippen molar-refractivity contribution in [3.63, 3.8) is 0 Å². The zero-order chi connectivity index (χ0) is 14.3. The van der Waals surface area contributed by atoms with E-state index in [1.807, 2.05) is 19.1 Å². The molecule has 1 aromatic carbocycles. The highest BCUT2D eigenvalue weighted by Crippen LogP contribution is 2.17. The quantitative estimate of drug-likeness (QED) is 0.716. The summed E-state index contributed by atoms with van der Waals surface area (Å²) in [6.07, 6.45) is 1.98. The maximum absolute atomic E-state index is 10.5. The highest BCUT2D eigenvalue weighted by molar-refractivity contribution is 6.31. The molecule has 0 radical (unpaired) electrons. The van der Waals surface area contributed by atoms with Gasteiger partial charge in [-0.25, -0.2) is 0 Å². The molecule has 0 bridgehead atoms. The van der Waals surface area contributed by atoms with Gasteiger partial charge >= 0.3 is 5.97 Å². The van der Waals surface area contributed by atoms with Crippen LogP contribution in [-0.4, -0.2) is 17.6 Å². The maximum atomic E-state index is 10.5. The van der Waals surface area contributed by atoms with Crippen LogP contribution in [0.15, 0.2) is 18.2 Å². The van der Waals surface area contributed by atoms with Crippen molar-refractivity contribution in [3.05, 3.63) is 34.3 Å². The second-order valence-corrected chi connectivity index (χ2v) is 5.51. The lowest BCUT2D eigenvalue weighted by atomic mass is 10.0. The van der Waals surface area contributed by atoms with Gasteiger partial charge < -0.3 is 10.4 Å². The molecule has 0 heterocycles.